The van der Waals surface area contributed by atoms with E-state index in [4.69, 9.17) is 4.42 Å². The number of carbonyl (C=O) groups excluding carboxylic acids is 2. The lowest BCUT2D eigenvalue weighted by molar-refractivity contribution is -0.121. The predicted molar refractivity (Wildman–Crippen MR) is 133 cm³/mol. The number of hydrazine groups is 1. The summed E-state index contributed by atoms with van der Waals surface area (Å²) in [5.74, 6) is 0.936. The lowest BCUT2D eigenvalue weighted by Gasteiger charge is -2.35. The van der Waals surface area contributed by atoms with Gasteiger partial charge in [0.1, 0.15) is 5.76 Å². The molecule has 3 aromatic rings. The number of amides is 3. The molecule has 0 saturated heterocycles. The Morgan fingerprint density at radius 3 is 2.62 bits per heavy atom. The first-order chi connectivity index (χ1) is 16.5. The van der Waals surface area contributed by atoms with Crippen molar-refractivity contribution in [2.45, 2.75) is 51.6 Å². The fraction of sp³-hybridized carbons (Fsp3) is 0.385. The van der Waals surface area contributed by atoms with Gasteiger partial charge in [-0.3, -0.25) is 15.1 Å². The second-order valence-corrected chi connectivity index (χ2v) is 9.89. The van der Waals surface area contributed by atoms with Gasteiger partial charge in [-0.25, -0.2) is 10.2 Å². The van der Waals surface area contributed by atoms with Gasteiger partial charge in [-0.2, -0.15) is 0 Å². The SMILES string of the molecule is CC(C)c1ccc([C@@H](CNC(=O)NNC(=O)CCc2ccco2)N2CCc3sccc3C2)cc1. The van der Waals surface area contributed by atoms with Crippen LogP contribution < -0.4 is 16.2 Å². The van der Waals surface area contributed by atoms with E-state index in [1.54, 1.807) is 12.3 Å². The second-order valence-electron chi connectivity index (χ2n) is 8.89. The summed E-state index contributed by atoms with van der Waals surface area (Å²) >= 11 is 1.82. The number of hydrogen-bond acceptors (Lipinski definition) is 5. The summed E-state index contributed by atoms with van der Waals surface area (Å²) in [4.78, 5) is 28.3. The number of rotatable bonds is 8. The molecule has 34 heavy (non-hydrogen) atoms. The van der Waals surface area contributed by atoms with Gasteiger partial charge in [0, 0.05) is 37.4 Å². The molecule has 4 rings (SSSR count). The van der Waals surface area contributed by atoms with Gasteiger partial charge in [0.25, 0.3) is 0 Å². The molecule has 0 saturated carbocycles. The summed E-state index contributed by atoms with van der Waals surface area (Å²) in [5.41, 5.74) is 8.76. The lowest BCUT2D eigenvalue weighted by atomic mass is 9.97. The summed E-state index contributed by atoms with van der Waals surface area (Å²) in [7, 11) is 0. The number of nitrogens with one attached hydrogen (secondary N) is 3. The highest BCUT2D eigenvalue weighted by atomic mass is 32.1. The van der Waals surface area contributed by atoms with Crippen LogP contribution in [0.1, 0.15) is 59.6 Å². The van der Waals surface area contributed by atoms with E-state index in [9.17, 15) is 9.59 Å². The van der Waals surface area contributed by atoms with Crippen molar-refractivity contribution in [2.24, 2.45) is 0 Å². The zero-order chi connectivity index (χ0) is 23.9. The van der Waals surface area contributed by atoms with Crippen molar-refractivity contribution in [3.8, 4) is 0 Å². The Labute approximate surface area is 204 Å². The number of urea groups is 1. The van der Waals surface area contributed by atoms with E-state index < -0.39 is 6.03 Å². The molecule has 2 aromatic heterocycles. The Morgan fingerprint density at radius 2 is 1.88 bits per heavy atom. The average Bonchev–Trinajstić information content (AvgIpc) is 3.53. The summed E-state index contributed by atoms with van der Waals surface area (Å²) in [6.45, 7) is 6.61. The molecular weight excluding hydrogens is 448 g/mol. The Balaban J connectivity index is 1.34. The molecule has 0 aliphatic carbocycles. The minimum atomic E-state index is -0.427. The number of benzene rings is 1. The van der Waals surface area contributed by atoms with Crippen LogP contribution in [0.25, 0.3) is 0 Å². The molecule has 1 aromatic carbocycles. The number of carbonyl (C=O) groups is 2. The van der Waals surface area contributed by atoms with Gasteiger partial charge in [-0.1, -0.05) is 38.1 Å². The minimum Gasteiger partial charge on any atom is -0.469 e. The molecule has 1 aliphatic heterocycles. The Morgan fingerprint density at radius 1 is 1.09 bits per heavy atom. The van der Waals surface area contributed by atoms with Crippen molar-refractivity contribution in [3.05, 3.63) is 81.4 Å². The van der Waals surface area contributed by atoms with E-state index in [1.807, 2.05) is 17.4 Å². The zero-order valence-electron chi connectivity index (χ0n) is 19.7. The van der Waals surface area contributed by atoms with Crippen LogP contribution in [-0.2, 0) is 24.2 Å². The van der Waals surface area contributed by atoms with E-state index in [1.165, 1.54) is 21.6 Å². The number of fused-ring (bicyclic) bond motifs is 1. The second kappa shape index (κ2) is 11.4. The summed E-state index contributed by atoms with van der Waals surface area (Å²) < 4.78 is 5.23. The first kappa shape index (κ1) is 24.0. The third-order valence-electron chi connectivity index (χ3n) is 6.22. The number of nitrogens with zero attached hydrogens (tertiary/aromatic N) is 1. The fourth-order valence-corrected chi connectivity index (χ4v) is 5.10. The monoisotopic (exact) mass is 480 g/mol. The van der Waals surface area contributed by atoms with Crippen LogP contribution >= 0.6 is 11.3 Å². The molecule has 7 nitrogen and oxygen atoms in total. The van der Waals surface area contributed by atoms with Crippen molar-refractivity contribution in [1.82, 2.24) is 21.1 Å². The van der Waals surface area contributed by atoms with Gasteiger partial charge < -0.3 is 9.73 Å². The van der Waals surface area contributed by atoms with Crippen molar-refractivity contribution in [1.29, 1.82) is 0 Å². The standard InChI is InChI=1S/C26H32N4O3S/c1-18(2)19-5-7-20(8-6-19)23(30-13-11-24-21(17-30)12-15-34-24)16-27-26(32)29-28-25(31)10-9-22-4-3-14-33-22/h3-8,12,14-15,18,23H,9-11,13,16-17H2,1-2H3,(H,28,31)(H2,27,29,32)/t23-/m1/s1. The molecule has 180 valence electrons. The van der Waals surface area contributed by atoms with Gasteiger partial charge in [-0.15, -0.1) is 11.3 Å². The third kappa shape index (κ3) is 6.27. The number of thiophene rings is 1. The Kier molecular flexibility index (Phi) is 8.03. The molecular formula is C26H32N4O3S. The maximum Gasteiger partial charge on any atom is 0.333 e. The van der Waals surface area contributed by atoms with E-state index >= 15 is 0 Å². The molecule has 1 aliphatic rings. The van der Waals surface area contributed by atoms with Crippen LogP contribution in [-0.4, -0.2) is 29.9 Å². The number of furan rings is 1. The van der Waals surface area contributed by atoms with Gasteiger partial charge in [0.15, 0.2) is 0 Å². The smallest absolute Gasteiger partial charge is 0.333 e. The lowest BCUT2D eigenvalue weighted by Crippen LogP contribution is -2.49. The molecule has 3 N–H and O–H groups in total. The molecule has 0 spiro atoms. The van der Waals surface area contributed by atoms with Crippen LogP contribution in [0.4, 0.5) is 4.79 Å². The first-order valence-electron chi connectivity index (χ1n) is 11.7. The Hall–Kier alpha value is -3.10. The molecule has 0 unspecified atom stereocenters. The predicted octanol–water partition coefficient (Wildman–Crippen LogP) is 4.53. The molecule has 0 fully saturated rings. The van der Waals surface area contributed by atoms with Crippen LogP contribution in [0.3, 0.4) is 0 Å². The molecule has 1 atom stereocenters. The molecule has 8 heteroatoms. The third-order valence-corrected chi connectivity index (χ3v) is 7.24. The van der Waals surface area contributed by atoms with Crippen molar-refractivity contribution in [3.63, 3.8) is 0 Å². The zero-order valence-corrected chi connectivity index (χ0v) is 20.5. The number of aryl methyl sites for hydroxylation is 1. The fourth-order valence-electron chi connectivity index (χ4n) is 4.21. The number of hydrogen-bond donors (Lipinski definition) is 3. The van der Waals surface area contributed by atoms with Crippen LogP contribution in [0.15, 0.2) is 58.5 Å². The highest BCUT2D eigenvalue weighted by molar-refractivity contribution is 7.10. The summed E-state index contributed by atoms with van der Waals surface area (Å²) in [5, 5.41) is 5.09. The van der Waals surface area contributed by atoms with Crippen molar-refractivity contribution < 1.29 is 14.0 Å². The Bertz CT molecular complexity index is 1080. The van der Waals surface area contributed by atoms with Gasteiger partial charge in [0.05, 0.1) is 12.3 Å². The summed E-state index contributed by atoms with van der Waals surface area (Å²) in [6.07, 6.45) is 3.31. The highest BCUT2D eigenvalue weighted by Crippen LogP contribution is 2.30. The van der Waals surface area contributed by atoms with Gasteiger partial charge in [0.2, 0.25) is 5.91 Å². The summed E-state index contributed by atoms with van der Waals surface area (Å²) in [6, 6.07) is 14.1. The minimum absolute atomic E-state index is 0.0367. The molecule has 0 bridgehead atoms. The maximum absolute atomic E-state index is 12.4. The highest BCUT2D eigenvalue weighted by Gasteiger charge is 2.26. The molecule has 0 radical (unpaired) electrons. The normalized spacial score (nSPS) is 14.4. The topological polar surface area (TPSA) is 86.6 Å². The van der Waals surface area contributed by atoms with E-state index in [-0.39, 0.29) is 18.4 Å². The van der Waals surface area contributed by atoms with Crippen LogP contribution in [0.2, 0.25) is 0 Å². The van der Waals surface area contributed by atoms with Gasteiger partial charge in [-0.05, 0) is 52.6 Å². The first-order valence-corrected chi connectivity index (χ1v) is 12.6. The van der Waals surface area contributed by atoms with Crippen molar-refractivity contribution >= 4 is 23.3 Å². The van der Waals surface area contributed by atoms with E-state index in [0.29, 0.717) is 18.9 Å². The molecule has 3 amide bonds. The average molecular weight is 481 g/mol. The van der Waals surface area contributed by atoms with Gasteiger partial charge >= 0.3 is 6.03 Å². The quantitative estimate of drug-likeness (QED) is 0.414. The molecule has 3 heterocycles. The van der Waals surface area contributed by atoms with Crippen molar-refractivity contribution in [2.75, 3.05) is 13.1 Å². The van der Waals surface area contributed by atoms with Crippen LogP contribution in [0.5, 0.6) is 0 Å². The van der Waals surface area contributed by atoms with Crippen LogP contribution in [0, 0.1) is 0 Å². The largest absolute Gasteiger partial charge is 0.469 e. The van der Waals surface area contributed by atoms with E-state index in [0.717, 1.165) is 25.3 Å². The maximum atomic E-state index is 12.4. The van der Waals surface area contributed by atoms with E-state index in [2.05, 4.69) is 70.6 Å².